The summed E-state index contributed by atoms with van der Waals surface area (Å²) in [6.07, 6.45) is 2.08. The normalized spacial score (nSPS) is 18.1. The van der Waals surface area contributed by atoms with Crippen molar-refractivity contribution in [3.63, 3.8) is 0 Å². The zero-order valence-electron chi connectivity index (χ0n) is 15.0. The predicted molar refractivity (Wildman–Crippen MR) is 102 cm³/mol. The van der Waals surface area contributed by atoms with Crippen molar-refractivity contribution < 1.29 is 4.43 Å². The number of nitriles is 1. The summed E-state index contributed by atoms with van der Waals surface area (Å²) < 4.78 is 8.59. The Morgan fingerprint density at radius 2 is 2.09 bits per heavy atom. The van der Waals surface area contributed by atoms with Crippen LogP contribution in [0.1, 0.15) is 49.9 Å². The molecule has 0 spiro atoms. The van der Waals surface area contributed by atoms with Gasteiger partial charge in [0.25, 0.3) is 0 Å². The molecule has 1 aromatic rings. The maximum atomic E-state index is 9.25. The quantitative estimate of drug-likeness (QED) is 0.573. The summed E-state index contributed by atoms with van der Waals surface area (Å²) in [6, 6.07) is 8.79. The molecular weight excluding hydrogens is 319 g/mol. The molecule has 0 aliphatic heterocycles. The molecule has 1 unspecified atom stereocenters. The first-order valence-corrected chi connectivity index (χ1v) is 11.8. The van der Waals surface area contributed by atoms with E-state index in [-0.39, 0.29) is 5.04 Å². The summed E-state index contributed by atoms with van der Waals surface area (Å²) in [7, 11) is 1.19. The molecule has 0 N–H and O–H groups in total. The van der Waals surface area contributed by atoms with Gasteiger partial charge >= 0.3 is 0 Å². The second kappa shape index (κ2) is 7.03. The molecule has 0 radical (unpaired) electrons. The first-order valence-electron chi connectivity index (χ1n) is 8.34. The van der Waals surface area contributed by atoms with Crippen molar-refractivity contribution in [2.75, 3.05) is 13.2 Å². The lowest BCUT2D eigenvalue weighted by Gasteiger charge is -2.37. The van der Waals surface area contributed by atoms with Crippen molar-refractivity contribution in [3.05, 3.63) is 34.9 Å². The minimum absolute atomic E-state index is 0.250. The van der Waals surface area contributed by atoms with Crippen LogP contribution in [0.2, 0.25) is 18.1 Å². The van der Waals surface area contributed by atoms with Crippen LogP contribution in [-0.2, 0) is 10.8 Å². The van der Waals surface area contributed by atoms with Crippen molar-refractivity contribution in [2.24, 2.45) is 0 Å². The van der Waals surface area contributed by atoms with Gasteiger partial charge in [-0.25, -0.2) is 0 Å². The molecule has 2 rings (SSSR count). The molecule has 0 saturated heterocycles. The maximum Gasteiger partial charge on any atom is 0.192 e. The lowest BCUT2D eigenvalue weighted by Crippen LogP contribution is -2.42. The zero-order valence-corrected chi connectivity index (χ0v) is 17.2. The van der Waals surface area contributed by atoms with Gasteiger partial charge in [0.2, 0.25) is 0 Å². The first kappa shape index (κ1) is 18.6. The van der Waals surface area contributed by atoms with E-state index in [1.165, 1.54) is 11.1 Å². The Kier molecular flexibility index (Phi) is 5.69. The third-order valence-electron chi connectivity index (χ3n) is 5.38. The highest BCUT2D eigenvalue weighted by Crippen LogP contribution is 2.39. The van der Waals surface area contributed by atoms with Gasteiger partial charge in [0.15, 0.2) is 8.32 Å². The lowest BCUT2D eigenvalue weighted by atomic mass is 10.0. The van der Waals surface area contributed by atoms with Gasteiger partial charge in [-0.1, -0.05) is 42.3 Å². The highest BCUT2D eigenvalue weighted by Gasteiger charge is 2.37. The second-order valence-corrected chi connectivity index (χ2v) is 13.4. The monoisotopic (exact) mass is 348 g/mol. The van der Waals surface area contributed by atoms with Crippen LogP contribution in [0.5, 0.6) is 0 Å². The SMILES string of the molecule is CC(C)(C)[Si](C)(C)OCCN(P)[C@H]1CCc2c(C#N)cccc21. The molecule has 3 nitrogen and oxygen atoms in total. The average Bonchev–Trinajstić information content (AvgIpc) is 2.89. The number of hydrogen-bond acceptors (Lipinski definition) is 3. The zero-order chi connectivity index (χ0) is 17.3. The third-order valence-corrected chi connectivity index (χ3v) is 10.5. The minimum Gasteiger partial charge on any atom is -0.416 e. The molecular formula is C18H29N2OPSi. The number of benzene rings is 1. The van der Waals surface area contributed by atoms with Crippen LogP contribution in [0.15, 0.2) is 18.2 Å². The lowest BCUT2D eigenvalue weighted by molar-refractivity contribution is 0.236. The molecule has 0 bridgehead atoms. The van der Waals surface area contributed by atoms with Gasteiger partial charge in [-0.05, 0) is 48.2 Å². The number of nitrogens with zero attached hydrogens (tertiary/aromatic N) is 2. The van der Waals surface area contributed by atoms with Gasteiger partial charge in [0.05, 0.1) is 11.6 Å². The van der Waals surface area contributed by atoms with E-state index in [1.54, 1.807) is 0 Å². The second-order valence-electron chi connectivity index (χ2n) is 7.89. The van der Waals surface area contributed by atoms with E-state index < -0.39 is 8.32 Å². The maximum absolute atomic E-state index is 9.25. The molecule has 0 heterocycles. The predicted octanol–water partition coefficient (Wildman–Crippen LogP) is 4.66. The molecule has 0 fully saturated rings. The molecule has 1 aromatic carbocycles. The van der Waals surface area contributed by atoms with Crippen molar-refractivity contribution in [1.29, 1.82) is 5.26 Å². The van der Waals surface area contributed by atoms with Crippen LogP contribution in [0.4, 0.5) is 0 Å². The minimum atomic E-state index is -1.68. The number of hydrogen-bond donors (Lipinski definition) is 0. The summed E-state index contributed by atoms with van der Waals surface area (Å²) in [5.74, 6) is 0. The van der Waals surface area contributed by atoms with E-state index in [0.717, 1.165) is 31.6 Å². The smallest absolute Gasteiger partial charge is 0.192 e. The van der Waals surface area contributed by atoms with Crippen LogP contribution in [-0.4, -0.2) is 26.1 Å². The van der Waals surface area contributed by atoms with Crippen LogP contribution in [0.3, 0.4) is 0 Å². The molecule has 1 aliphatic carbocycles. The number of fused-ring (bicyclic) bond motifs is 1. The van der Waals surface area contributed by atoms with Gasteiger partial charge in [0, 0.05) is 19.2 Å². The third kappa shape index (κ3) is 4.03. The number of rotatable bonds is 5. The highest BCUT2D eigenvalue weighted by atomic mass is 31.0. The van der Waals surface area contributed by atoms with Crippen LogP contribution in [0.25, 0.3) is 0 Å². The van der Waals surface area contributed by atoms with E-state index >= 15 is 0 Å². The first-order chi connectivity index (χ1) is 10.7. The summed E-state index contributed by atoms with van der Waals surface area (Å²) in [5, 5.41) is 9.50. The van der Waals surface area contributed by atoms with Crippen LogP contribution >= 0.6 is 9.39 Å². The Labute approximate surface area is 144 Å². The summed E-state index contributed by atoms with van der Waals surface area (Å²) in [5.41, 5.74) is 3.38. The highest BCUT2D eigenvalue weighted by molar-refractivity contribution is 7.13. The molecule has 1 aliphatic rings. The van der Waals surface area contributed by atoms with E-state index in [1.807, 2.05) is 12.1 Å². The molecule has 5 heteroatoms. The molecule has 0 aromatic heterocycles. The molecule has 0 saturated carbocycles. The Bertz CT molecular complexity index is 604. The molecule has 126 valence electrons. The largest absolute Gasteiger partial charge is 0.416 e. The van der Waals surface area contributed by atoms with E-state index in [9.17, 15) is 5.26 Å². The van der Waals surface area contributed by atoms with Crippen molar-refractivity contribution in [1.82, 2.24) is 4.67 Å². The molecule has 2 atom stereocenters. The van der Waals surface area contributed by atoms with E-state index in [4.69, 9.17) is 4.43 Å². The standard InChI is InChI=1S/C18H29N2OPSi/c1-18(2,3)23(4,5)21-12-11-20(22)17-10-9-15-14(13-19)7-6-8-16(15)17/h6-8,17H,9-12,22H2,1-5H3/t17-/m0/s1. The van der Waals surface area contributed by atoms with Crippen molar-refractivity contribution in [2.45, 2.75) is 57.8 Å². The fourth-order valence-corrected chi connectivity index (χ4v) is 4.31. The summed E-state index contributed by atoms with van der Waals surface area (Å²) in [4.78, 5) is 0. The average molecular weight is 349 g/mol. The Morgan fingerprint density at radius 3 is 2.70 bits per heavy atom. The van der Waals surface area contributed by atoms with E-state index in [2.05, 4.69) is 60.1 Å². The summed E-state index contributed by atoms with van der Waals surface area (Å²) >= 11 is 0. The fourth-order valence-electron chi connectivity index (χ4n) is 2.86. The van der Waals surface area contributed by atoms with Gasteiger partial charge in [-0.2, -0.15) is 5.26 Å². The van der Waals surface area contributed by atoms with Crippen LogP contribution in [0, 0.1) is 11.3 Å². The van der Waals surface area contributed by atoms with Crippen LogP contribution < -0.4 is 0 Å². The van der Waals surface area contributed by atoms with Crippen molar-refractivity contribution in [3.8, 4) is 6.07 Å². The van der Waals surface area contributed by atoms with E-state index in [0.29, 0.717) is 6.04 Å². The van der Waals surface area contributed by atoms with Gasteiger partial charge in [-0.15, -0.1) is 0 Å². The van der Waals surface area contributed by atoms with Gasteiger partial charge < -0.3 is 4.43 Å². The van der Waals surface area contributed by atoms with Gasteiger partial charge in [-0.3, -0.25) is 4.67 Å². The Morgan fingerprint density at radius 1 is 1.39 bits per heavy atom. The molecule has 0 amide bonds. The summed E-state index contributed by atoms with van der Waals surface area (Å²) in [6.45, 7) is 13.1. The van der Waals surface area contributed by atoms with Crippen molar-refractivity contribution >= 4 is 17.7 Å². The van der Waals surface area contributed by atoms with Gasteiger partial charge in [0.1, 0.15) is 0 Å². The Hall–Kier alpha value is -0.723. The fraction of sp³-hybridized carbons (Fsp3) is 0.611. The Balaban J connectivity index is 1.97. The molecule has 23 heavy (non-hydrogen) atoms. The topological polar surface area (TPSA) is 36.3 Å².